The molecular formula is C14H20N2O2. The number of hydrogen-bond acceptors (Lipinski definition) is 3. The summed E-state index contributed by atoms with van der Waals surface area (Å²) in [4.78, 5) is 15.5. The Morgan fingerprint density at radius 1 is 1.50 bits per heavy atom. The van der Waals surface area contributed by atoms with E-state index in [2.05, 4.69) is 17.2 Å². The topological polar surface area (TPSA) is 62.2 Å². The minimum absolute atomic E-state index is 0.298. The van der Waals surface area contributed by atoms with Crippen LogP contribution in [0.3, 0.4) is 0 Å². The second-order valence-electron chi connectivity index (χ2n) is 5.20. The Balaban J connectivity index is 2.27. The van der Waals surface area contributed by atoms with Gasteiger partial charge in [0, 0.05) is 11.7 Å². The van der Waals surface area contributed by atoms with Crippen molar-refractivity contribution < 1.29 is 9.90 Å². The molecule has 1 aliphatic rings. The molecule has 1 aromatic rings. The van der Waals surface area contributed by atoms with Crippen molar-refractivity contribution in [3.05, 3.63) is 23.0 Å². The van der Waals surface area contributed by atoms with E-state index in [9.17, 15) is 9.90 Å². The average Bonchev–Trinajstić information content (AvgIpc) is 2.11. The number of rotatable bonds is 4. The third kappa shape index (κ3) is 2.47. The van der Waals surface area contributed by atoms with Crippen LogP contribution < -0.4 is 5.32 Å². The number of nitrogens with zero attached hydrogens (tertiary/aromatic N) is 1. The maximum absolute atomic E-state index is 11.3. The highest BCUT2D eigenvalue weighted by atomic mass is 16.4. The van der Waals surface area contributed by atoms with Crippen LogP contribution in [0.25, 0.3) is 0 Å². The van der Waals surface area contributed by atoms with Crippen molar-refractivity contribution >= 4 is 11.7 Å². The van der Waals surface area contributed by atoms with Gasteiger partial charge in [0.1, 0.15) is 5.56 Å². The number of carboxylic acids is 1. The first-order chi connectivity index (χ1) is 8.49. The van der Waals surface area contributed by atoms with E-state index in [1.165, 1.54) is 19.3 Å². The molecule has 0 radical (unpaired) electrons. The lowest BCUT2D eigenvalue weighted by molar-refractivity contribution is 0.0696. The number of hydrogen-bond donors (Lipinski definition) is 2. The van der Waals surface area contributed by atoms with Crippen LogP contribution in [0.5, 0.6) is 0 Å². The third-order valence-electron chi connectivity index (χ3n) is 3.78. The van der Waals surface area contributed by atoms with Crippen molar-refractivity contribution in [2.24, 2.45) is 5.92 Å². The summed E-state index contributed by atoms with van der Waals surface area (Å²) in [6.07, 6.45) is 3.76. The molecule has 0 amide bonds. The Morgan fingerprint density at radius 2 is 2.17 bits per heavy atom. The van der Waals surface area contributed by atoms with Gasteiger partial charge in [0.05, 0.1) is 11.4 Å². The normalized spacial score (nSPS) is 17.1. The smallest absolute Gasteiger partial charge is 0.339 e. The van der Waals surface area contributed by atoms with Gasteiger partial charge in [-0.2, -0.15) is 0 Å². The molecule has 0 bridgehead atoms. The van der Waals surface area contributed by atoms with Gasteiger partial charge in [-0.1, -0.05) is 6.42 Å². The van der Waals surface area contributed by atoms with Gasteiger partial charge in [0.2, 0.25) is 0 Å². The van der Waals surface area contributed by atoms with E-state index in [1.807, 2.05) is 13.0 Å². The predicted molar refractivity (Wildman–Crippen MR) is 71.1 cm³/mol. The number of aryl methyl sites for hydroxylation is 2. The summed E-state index contributed by atoms with van der Waals surface area (Å²) in [5.74, 6) is -0.247. The molecule has 0 spiro atoms. The molecule has 1 saturated carbocycles. The van der Waals surface area contributed by atoms with Gasteiger partial charge in [-0.15, -0.1) is 0 Å². The van der Waals surface area contributed by atoms with Crippen LogP contribution >= 0.6 is 0 Å². The fraction of sp³-hybridized carbons (Fsp3) is 0.571. The first kappa shape index (κ1) is 12.9. The van der Waals surface area contributed by atoms with Gasteiger partial charge in [-0.25, -0.2) is 4.79 Å². The number of carboxylic acid groups (broad SMARTS) is 1. The fourth-order valence-corrected chi connectivity index (χ4v) is 2.52. The summed E-state index contributed by atoms with van der Waals surface area (Å²) in [5, 5.41) is 12.6. The van der Waals surface area contributed by atoms with Crippen molar-refractivity contribution in [3.63, 3.8) is 0 Å². The highest BCUT2D eigenvalue weighted by Gasteiger charge is 2.25. The maximum atomic E-state index is 11.3. The molecule has 1 fully saturated rings. The molecule has 2 rings (SSSR count). The van der Waals surface area contributed by atoms with Gasteiger partial charge in [-0.3, -0.25) is 4.98 Å². The molecule has 1 atom stereocenters. The van der Waals surface area contributed by atoms with Gasteiger partial charge < -0.3 is 10.4 Å². The number of nitrogens with one attached hydrogen (secondary N) is 1. The van der Waals surface area contributed by atoms with Crippen LogP contribution in [-0.4, -0.2) is 22.1 Å². The molecule has 18 heavy (non-hydrogen) atoms. The zero-order chi connectivity index (χ0) is 13.3. The number of carbonyl (C=O) groups is 1. The molecule has 4 heteroatoms. The third-order valence-corrected chi connectivity index (χ3v) is 3.78. The van der Waals surface area contributed by atoms with Crippen LogP contribution in [0, 0.1) is 19.8 Å². The Labute approximate surface area is 107 Å². The highest BCUT2D eigenvalue weighted by Crippen LogP contribution is 2.32. The monoisotopic (exact) mass is 248 g/mol. The van der Waals surface area contributed by atoms with E-state index in [4.69, 9.17) is 0 Å². The molecule has 98 valence electrons. The van der Waals surface area contributed by atoms with Crippen LogP contribution in [0.15, 0.2) is 6.07 Å². The molecule has 1 unspecified atom stereocenters. The summed E-state index contributed by atoms with van der Waals surface area (Å²) in [6.45, 7) is 5.76. The van der Waals surface area contributed by atoms with Crippen LogP contribution in [-0.2, 0) is 0 Å². The fourth-order valence-electron chi connectivity index (χ4n) is 2.52. The Hall–Kier alpha value is -1.58. The molecule has 2 N–H and O–H groups in total. The van der Waals surface area contributed by atoms with Crippen molar-refractivity contribution in [1.82, 2.24) is 4.98 Å². The SMILES string of the molecule is Cc1cc(NC(C)C2CCC2)c(C(=O)O)c(C)n1. The van der Waals surface area contributed by atoms with Crippen LogP contribution in [0.4, 0.5) is 5.69 Å². The first-order valence-electron chi connectivity index (χ1n) is 6.47. The zero-order valence-electron chi connectivity index (χ0n) is 11.2. The lowest BCUT2D eigenvalue weighted by atomic mass is 9.80. The van der Waals surface area contributed by atoms with Crippen molar-refractivity contribution in [2.75, 3.05) is 5.32 Å². The Bertz CT molecular complexity index is 467. The van der Waals surface area contributed by atoms with Gasteiger partial charge >= 0.3 is 5.97 Å². The lowest BCUT2D eigenvalue weighted by Crippen LogP contribution is -2.31. The van der Waals surface area contributed by atoms with Crippen LogP contribution in [0.2, 0.25) is 0 Å². The predicted octanol–water partition coefficient (Wildman–Crippen LogP) is 3.00. The largest absolute Gasteiger partial charge is 0.478 e. The van der Waals surface area contributed by atoms with E-state index in [0.29, 0.717) is 28.9 Å². The molecule has 0 aliphatic heterocycles. The molecule has 1 aliphatic carbocycles. The number of pyridine rings is 1. The van der Waals surface area contributed by atoms with Crippen molar-refractivity contribution in [3.8, 4) is 0 Å². The molecule has 1 aromatic heterocycles. The van der Waals surface area contributed by atoms with E-state index in [-0.39, 0.29) is 0 Å². The summed E-state index contributed by atoms with van der Waals surface area (Å²) in [6, 6.07) is 2.14. The molecule has 1 heterocycles. The average molecular weight is 248 g/mol. The molecular weight excluding hydrogens is 228 g/mol. The maximum Gasteiger partial charge on any atom is 0.339 e. The molecule has 0 aromatic carbocycles. The summed E-state index contributed by atoms with van der Waals surface area (Å²) in [5.41, 5.74) is 2.42. The van der Waals surface area contributed by atoms with Gasteiger partial charge in [0.15, 0.2) is 0 Å². The summed E-state index contributed by atoms with van der Waals surface area (Å²) in [7, 11) is 0. The Morgan fingerprint density at radius 3 is 2.67 bits per heavy atom. The van der Waals surface area contributed by atoms with Crippen molar-refractivity contribution in [1.29, 1.82) is 0 Å². The van der Waals surface area contributed by atoms with Crippen LogP contribution in [0.1, 0.15) is 47.9 Å². The quantitative estimate of drug-likeness (QED) is 0.859. The number of aromatic carboxylic acids is 1. The van der Waals surface area contributed by atoms with Gasteiger partial charge in [-0.05, 0) is 45.6 Å². The highest BCUT2D eigenvalue weighted by molar-refractivity contribution is 5.95. The molecule has 4 nitrogen and oxygen atoms in total. The van der Waals surface area contributed by atoms with E-state index >= 15 is 0 Å². The minimum atomic E-state index is -0.914. The minimum Gasteiger partial charge on any atom is -0.478 e. The number of aromatic nitrogens is 1. The van der Waals surface area contributed by atoms with E-state index in [0.717, 1.165) is 5.69 Å². The molecule has 0 saturated heterocycles. The first-order valence-corrected chi connectivity index (χ1v) is 6.47. The Kier molecular flexibility index (Phi) is 3.55. The zero-order valence-corrected chi connectivity index (χ0v) is 11.2. The standard InChI is InChI=1S/C14H20N2O2/c1-8-7-12(13(14(17)18)10(3)15-8)16-9(2)11-5-4-6-11/h7,9,11H,4-6H2,1-3H3,(H,15,16)(H,17,18). The van der Waals surface area contributed by atoms with E-state index in [1.54, 1.807) is 6.92 Å². The van der Waals surface area contributed by atoms with E-state index < -0.39 is 5.97 Å². The summed E-state index contributed by atoms with van der Waals surface area (Å²) >= 11 is 0. The second kappa shape index (κ2) is 4.96. The lowest BCUT2D eigenvalue weighted by Gasteiger charge is -2.33. The second-order valence-corrected chi connectivity index (χ2v) is 5.20. The van der Waals surface area contributed by atoms with Crippen molar-refractivity contribution in [2.45, 2.75) is 46.1 Å². The van der Waals surface area contributed by atoms with Gasteiger partial charge in [0.25, 0.3) is 0 Å². The number of anilines is 1. The summed E-state index contributed by atoms with van der Waals surface area (Å²) < 4.78 is 0.